The van der Waals surface area contributed by atoms with Crippen LogP contribution in [0.2, 0.25) is 0 Å². The Hall–Kier alpha value is -3.26. The number of nitrogens with two attached hydrogens (primary N) is 1. The van der Waals surface area contributed by atoms with Crippen molar-refractivity contribution in [2.45, 2.75) is 26.3 Å². The van der Waals surface area contributed by atoms with Gasteiger partial charge in [0.25, 0.3) is 0 Å². The van der Waals surface area contributed by atoms with Gasteiger partial charge in [0, 0.05) is 32.2 Å². The number of nitrogen functional groups attached to an aromatic ring is 1. The van der Waals surface area contributed by atoms with Gasteiger partial charge >= 0.3 is 0 Å². The van der Waals surface area contributed by atoms with Crippen molar-refractivity contribution < 1.29 is 4.74 Å². The van der Waals surface area contributed by atoms with Gasteiger partial charge in [0.1, 0.15) is 23.2 Å². The Morgan fingerprint density at radius 3 is 2.59 bits per heavy atom. The van der Waals surface area contributed by atoms with Crippen molar-refractivity contribution in [2.75, 3.05) is 33.0 Å². The van der Waals surface area contributed by atoms with Crippen LogP contribution in [-0.2, 0) is 13.0 Å². The van der Waals surface area contributed by atoms with Crippen molar-refractivity contribution in [2.24, 2.45) is 4.99 Å². The van der Waals surface area contributed by atoms with Crippen LogP contribution in [0.3, 0.4) is 0 Å². The lowest BCUT2D eigenvalue weighted by Crippen LogP contribution is -2.38. The molecule has 1 aromatic heterocycles. The van der Waals surface area contributed by atoms with Crippen molar-refractivity contribution in [3.05, 3.63) is 71.4 Å². The van der Waals surface area contributed by atoms with Crippen molar-refractivity contribution >= 4 is 35.8 Å². The first kappa shape index (κ1) is 27.0. The van der Waals surface area contributed by atoms with Crippen LogP contribution in [0.4, 0.5) is 5.82 Å². The van der Waals surface area contributed by atoms with E-state index in [1.807, 2.05) is 62.5 Å². The van der Waals surface area contributed by atoms with E-state index in [2.05, 4.69) is 27.5 Å². The lowest BCUT2D eigenvalue weighted by atomic mass is 10.1. The Morgan fingerprint density at radius 2 is 1.91 bits per heavy atom. The first-order valence-electron chi connectivity index (χ1n) is 11.0. The minimum absolute atomic E-state index is 0. The van der Waals surface area contributed by atoms with Gasteiger partial charge < -0.3 is 20.7 Å². The standard InChI is InChI=1S/C25H31N7O.HI/c1-4-28-25(31(2)18-19-11-8-9-15-23(19)33-3)29-16-10-14-22-21(17-26)24(27)32(30-22)20-12-6-5-7-13-20;/h5-9,11-13,15H,4,10,14,16,18,27H2,1-3H3,(H,28,29);1H. The third-order valence-corrected chi connectivity index (χ3v) is 5.24. The largest absolute Gasteiger partial charge is 0.496 e. The highest BCUT2D eigenvalue weighted by Crippen LogP contribution is 2.22. The van der Waals surface area contributed by atoms with E-state index in [-0.39, 0.29) is 24.0 Å². The van der Waals surface area contributed by atoms with Gasteiger partial charge in [0.15, 0.2) is 5.96 Å². The smallest absolute Gasteiger partial charge is 0.193 e. The van der Waals surface area contributed by atoms with Gasteiger partial charge in [-0.15, -0.1) is 24.0 Å². The molecule has 3 N–H and O–H groups in total. The van der Waals surface area contributed by atoms with E-state index in [0.717, 1.165) is 35.9 Å². The number of aromatic nitrogens is 2. The molecular weight excluding hydrogens is 541 g/mol. The summed E-state index contributed by atoms with van der Waals surface area (Å²) >= 11 is 0. The monoisotopic (exact) mass is 573 g/mol. The molecular formula is C25H32IN7O. The number of nitrogens with zero attached hydrogens (tertiary/aromatic N) is 5. The molecule has 3 rings (SSSR count). The summed E-state index contributed by atoms with van der Waals surface area (Å²) in [4.78, 5) is 6.84. The molecule has 0 aliphatic rings. The van der Waals surface area contributed by atoms with E-state index in [4.69, 9.17) is 15.5 Å². The molecule has 1 heterocycles. The normalized spacial score (nSPS) is 10.8. The molecule has 0 fully saturated rings. The number of hydrogen-bond donors (Lipinski definition) is 2. The van der Waals surface area contributed by atoms with E-state index in [1.54, 1.807) is 11.8 Å². The first-order chi connectivity index (χ1) is 16.1. The number of methoxy groups -OCH3 is 1. The molecule has 8 nitrogen and oxygen atoms in total. The number of benzene rings is 2. The van der Waals surface area contributed by atoms with Gasteiger partial charge in [-0.1, -0.05) is 36.4 Å². The Labute approximate surface area is 218 Å². The van der Waals surface area contributed by atoms with E-state index >= 15 is 0 Å². The lowest BCUT2D eigenvalue weighted by Gasteiger charge is -2.23. The average Bonchev–Trinajstić information content (AvgIpc) is 3.16. The van der Waals surface area contributed by atoms with E-state index in [0.29, 0.717) is 36.6 Å². The molecule has 0 amide bonds. The number of aliphatic imine (C=N–C) groups is 1. The number of halogens is 1. The molecule has 3 aromatic rings. The predicted molar refractivity (Wildman–Crippen MR) is 147 cm³/mol. The summed E-state index contributed by atoms with van der Waals surface area (Å²) < 4.78 is 7.09. The van der Waals surface area contributed by atoms with Gasteiger partial charge in [-0.25, -0.2) is 4.68 Å². The molecule has 0 bridgehead atoms. The minimum Gasteiger partial charge on any atom is -0.496 e. The summed E-state index contributed by atoms with van der Waals surface area (Å²) in [5.74, 6) is 2.04. The Balaban J connectivity index is 0.00000408. The molecule has 0 atom stereocenters. The number of ether oxygens (including phenoxy) is 1. The van der Waals surface area contributed by atoms with Crippen LogP contribution < -0.4 is 15.8 Å². The van der Waals surface area contributed by atoms with Gasteiger partial charge in [-0.3, -0.25) is 4.99 Å². The zero-order valence-electron chi connectivity index (χ0n) is 19.9. The molecule has 0 aliphatic heterocycles. The number of aryl methyl sites for hydroxylation is 1. The topological polar surface area (TPSA) is 104 Å². The van der Waals surface area contributed by atoms with Crippen LogP contribution in [0.5, 0.6) is 5.75 Å². The zero-order chi connectivity index (χ0) is 23.6. The third-order valence-electron chi connectivity index (χ3n) is 5.24. The van der Waals surface area contributed by atoms with Crippen LogP contribution in [0, 0.1) is 11.3 Å². The highest BCUT2D eigenvalue weighted by Gasteiger charge is 2.16. The van der Waals surface area contributed by atoms with Crippen molar-refractivity contribution in [3.63, 3.8) is 0 Å². The summed E-state index contributed by atoms with van der Waals surface area (Å²) in [5.41, 5.74) is 9.26. The molecule has 0 saturated carbocycles. The summed E-state index contributed by atoms with van der Waals surface area (Å²) in [6, 6.07) is 19.8. The second-order valence-electron chi connectivity index (χ2n) is 7.57. The number of guanidine groups is 1. The molecule has 0 radical (unpaired) electrons. The number of nitrogens with one attached hydrogen (secondary N) is 1. The summed E-state index contributed by atoms with van der Waals surface area (Å²) in [5, 5.41) is 17.5. The maximum Gasteiger partial charge on any atom is 0.193 e. The second-order valence-corrected chi connectivity index (χ2v) is 7.57. The van der Waals surface area contributed by atoms with Gasteiger partial charge in [-0.05, 0) is 38.0 Å². The maximum absolute atomic E-state index is 9.59. The maximum atomic E-state index is 9.59. The zero-order valence-corrected chi connectivity index (χ0v) is 22.2. The Bertz CT molecular complexity index is 1120. The second kappa shape index (κ2) is 13.4. The van der Waals surface area contributed by atoms with Crippen molar-refractivity contribution in [3.8, 4) is 17.5 Å². The number of hydrogen-bond acceptors (Lipinski definition) is 5. The lowest BCUT2D eigenvalue weighted by molar-refractivity contribution is 0.396. The van der Waals surface area contributed by atoms with Gasteiger partial charge in [-0.2, -0.15) is 10.4 Å². The number of rotatable bonds is 9. The molecule has 0 unspecified atom stereocenters. The van der Waals surface area contributed by atoms with Crippen LogP contribution in [-0.4, -0.2) is 47.9 Å². The van der Waals surface area contributed by atoms with Gasteiger partial charge in [0.2, 0.25) is 0 Å². The van der Waals surface area contributed by atoms with Crippen LogP contribution >= 0.6 is 24.0 Å². The van der Waals surface area contributed by atoms with E-state index < -0.39 is 0 Å². The van der Waals surface area contributed by atoms with Crippen molar-refractivity contribution in [1.29, 1.82) is 5.26 Å². The highest BCUT2D eigenvalue weighted by molar-refractivity contribution is 14.0. The van der Waals surface area contributed by atoms with Crippen LogP contribution in [0.15, 0.2) is 59.6 Å². The van der Waals surface area contributed by atoms with Crippen LogP contribution in [0.1, 0.15) is 30.2 Å². The molecule has 34 heavy (non-hydrogen) atoms. The Kier molecular flexibility index (Phi) is 10.7. The molecule has 0 spiro atoms. The molecule has 2 aromatic carbocycles. The fourth-order valence-electron chi connectivity index (χ4n) is 3.61. The van der Waals surface area contributed by atoms with E-state index in [1.165, 1.54) is 0 Å². The highest BCUT2D eigenvalue weighted by atomic mass is 127. The fourth-order valence-corrected chi connectivity index (χ4v) is 3.61. The number of anilines is 1. The van der Waals surface area contributed by atoms with Crippen molar-refractivity contribution in [1.82, 2.24) is 20.0 Å². The SMILES string of the molecule is CCNC(=NCCCc1nn(-c2ccccc2)c(N)c1C#N)N(C)Cc1ccccc1OC.I. The molecule has 9 heteroatoms. The quantitative estimate of drug-likeness (QED) is 0.174. The fraction of sp³-hybridized carbons (Fsp3) is 0.320. The number of para-hydroxylation sites is 2. The summed E-state index contributed by atoms with van der Waals surface area (Å²) in [7, 11) is 3.68. The number of nitriles is 1. The average molecular weight is 573 g/mol. The molecule has 0 aliphatic carbocycles. The van der Waals surface area contributed by atoms with Crippen LogP contribution in [0.25, 0.3) is 5.69 Å². The minimum atomic E-state index is 0. The summed E-state index contributed by atoms with van der Waals surface area (Å²) in [6.45, 7) is 4.09. The van der Waals surface area contributed by atoms with E-state index in [9.17, 15) is 5.26 Å². The predicted octanol–water partition coefficient (Wildman–Crippen LogP) is 3.98. The third kappa shape index (κ3) is 6.63. The molecule has 180 valence electrons. The summed E-state index contributed by atoms with van der Waals surface area (Å²) in [6.07, 6.45) is 1.36. The first-order valence-corrected chi connectivity index (χ1v) is 11.0. The Morgan fingerprint density at radius 1 is 1.21 bits per heavy atom. The molecule has 0 saturated heterocycles. The van der Waals surface area contributed by atoms with Gasteiger partial charge in [0.05, 0.1) is 18.5 Å².